The van der Waals surface area contributed by atoms with Crippen LogP contribution in [0.25, 0.3) is 22.2 Å². The van der Waals surface area contributed by atoms with Gasteiger partial charge in [0.25, 0.3) is 17.3 Å². The fourth-order valence-electron chi connectivity index (χ4n) is 4.70. The highest BCUT2D eigenvalue weighted by atomic mass is 16.6. The SMILES string of the molecule is CCCC[C@H](CC)Cn1c(NC(=O)c2cc([N+](=O)[O-])cc([N+](=O)[O-])c2)c(C(=O)OCC)c2nc3ccccc3nc21. The Kier molecular flexibility index (Phi) is 8.85. The van der Waals surface area contributed by atoms with Gasteiger partial charge >= 0.3 is 5.97 Å². The largest absolute Gasteiger partial charge is 0.462 e. The van der Waals surface area contributed by atoms with Crippen molar-refractivity contribution in [2.45, 2.75) is 53.0 Å². The zero-order valence-corrected chi connectivity index (χ0v) is 23.0. The first kappa shape index (κ1) is 29.1. The van der Waals surface area contributed by atoms with Crippen molar-refractivity contribution in [3.05, 3.63) is 73.8 Å². The van der Waals surface area contributed by atoms with E-state index in [-0.39, 0.29) is 35.0 Å². The van der Waals surface area contributed by atoms with Gasteiger partial charge in [0.05, 0.1) is 39.1 Å². The number of esters is 1. The number of nitro groups is 2. The zero-order valence-electron chi connectivity index (χ0n) is 23.0. The number of benzene rings is 2. The van der Waals surface area contributed by atoms with E-state index >= 15 is 0 Å². The Bertz CT molecular complexity index is 1620. The van der Waals surface area contributed by atoms with E-state index in [4.69, 9.17) is 14.7 Å². The predicted molar refractivity (Wildman–Crippen MR) is 152 cm³/mol. The van der Waals surface area contributed by atoms with Crippen molar-refractivity contribution in [1.82, 2.24) is 14.5 Å². The molecule has 0 aliphatic heterocycles. The molecule has 1 amide bonds. The summed E-state index contributed by atoms with van der Waals surface area (Å²) >= 11 is 0. The second-order valence-corrected chi connectivity index (χ2v) is 9.56. The molecular formula is C28H30N6O7. The predicted octanol–water partition coefficient (Wildman–Crippen LogP) is 6.05. The molecule has 4 aromatic rings. The fourth-order valence-corrected chi connectivity index (χ4v) is 4.70. The Morgan fingerprint density at radius 2 is 1.63 bits per heavy atom. The molecule has 41 heavy (non-hydrogen) atoms. The van der Waals surface area contributed by atoms with Crippen LogP contribution in [0.2, 0.25) is 0 Å². The molecule has 1 atom stereocenters. The van der Waals surface area contributed by atoms with Gasteiger partial charge in [-0.05, 0) is 31.4 Å². The van der Waals surface area contributed by atoms with E-state index in [9.17, 15) is 29.8 Å². The number of unbranched alkanes of at least 4 members (excludes halogenated alkanes) is 1. The third kappa shape index (κ3) is 6.13. The summed E-state index contributed by atoms with van der Waals surface area (Å²) in [5, 5.41) is 25.5. The summed E-state index contributed by atoms with van der Waals surface area (Å²) in [6.45, 7) is 6.25. The number of fused-ring (bicyclic) bond motifs is 2. The number of nitrogens with zero attached hydrogens (tertiary/aromatic N) is 5. The molecular weight excluding hydrogens is 532 g/mol. The molecule has 13 heteroatoms. The number of aromatic nitrogens is 3. The number of ether oxygens (including phenoxy) is 1. The molecule has 0 spiro atoms. The molecule has 0 radical (unpaired) electrons. The topological polar surface area (TPSA) is 172 Å². The second kappa shape index (κ2) is 12.5. The van der Waals surface area contributed by atoms with Crippen LogP contribution in [0.3, 0.4) is 0 Å². The van der Waals surface area contributed by atoms with Gasteiger partial charge in [-0.25, -0.2) is 14.8 Å². The van der Waals surface area contributed by atoms with Gasteiger partial charge in [-0.1, -0.05) is 45.2 Å². The van der Waals surface area contributed by atoms with E-state index in [1.54, 1.807) is 29.7 Å². The lowest BCUT2D eigenvalue weighted by Gasteiger charge is -2.19. The van der Waals surface area contributed by atoms with Gasteiger partial charge in [-0.15, -0.1) is 0 Å². The van der Waals surface area contributed by atoms with E-state index in [1.807, 2.05) is 6.07 Å². The number of anilines is 1. The summed E-state index contributed by atoms with van der Waals surface area (Å²) in [5.41, 5.74) is 0.150. The number of carbonyl (C=O) groups is 2. The first-order chi connectivity index (χ1) is 19.7. The average Bonchev–Trinajstić information content (AvgIpc) is 3.24. The fraction of sp³-hybridized carbons (Fsp3) is 0.357. The highest BCUT2D eigenvalue weighted by Gasteiger charge is 2.30. The average molecular weight is 563 g/mol. The molecule has 214 valence electrons. The Labute approximate surface area is 234 Å². The minimum Gasteiger partial charge on any atom is -0.462 e. The van der Waals surface area contributed by atoms with Crippen LogP contribution >= 0.6 is 0 Å². The van der Waals surface area contributed by atoms with Gasteiger partial charge in [0, 0.05) is 18.7 Å². The molecule has 0 saturated heterocycles. The molecule has 1 N–H and O–H groups in total. The van der Waals surface area contributed by atoms with E-state index in [1.165, 1.54) is 0 Å². The number of nitro benzene ring substituents is 2. The molecule has 2 aromatic heterocycles. The Balaban J connectivity index is 1.95. The number of para-hydroxylation sites is 2. The van der Waals surface area contributed by atoms with Crippen LogP contribution in [0.5, 0.6) is 0 Å². The standard InChI is InChI=1S/C28H30N6O7/c1-4-7-10-17(5-2)16-32-25(31-27(35)18-13-19(33(37)38)15-20(14-18)34(39)40)23(28(36)41-6-3)24-26(32)30-22-12-9-8-11-21(22)29-24/h8-9,11-15,17H,4-7,10,16H2,1-3H3,(H,31,35)/t17-/m0/s1. The zero-order chi connectivity index (χ0) is 29.7. The summed E-state index contributed by atoms with van der Waals surface area (Å²) in [5.74, 6) is -1.38. The van der Waals surface area contributed by atoms with Crippen molar-refractivity contribution in [1.29, 1.82) is 0 Å². The Hall–Kier alpha value is -4.94. The first-order valence-corrected chi connectivity index (χ1v) is 13.4. The van der Waals surface area contributed by atoms with E-state index in [0.717, 1.165) is 43.9 Å². The van der Waals surface area contributed by atoms with Crippen LogP contribution in [-0.2, 0) is 11.3 Å². The van der Waals surface area contributed by atoms with Gasteiger partial charge in [0.1, 0.15) is 16.9 Å². The molecule has 0 saturated carbocycles. The van der Waals surface area contributed by atoms with Crippen molar-refractivity contribution >= 4 is 51.3 Å². The van der Waals surface area contributed by atoms with Crippen LogP contribution in [0.1, 0.15) is 67.2 Å². The third-order valence-electron chi connectivity index (χ3n) is 6.83. The lowest BCUT2D eigenvalue weighted by atomic mass is 9.99. The Morgan fingerprint density at radius 3 is 2.20 bits per heavy atom. The number of hydrogen-bond acceptors (Lipinski definition) is 9. The first-order valence-electron chi connectivity index (χ1n) is 13.4. The lowest BCUT2D eigenvalue weighted by Crippen LogP contribution is -2.20. The van der Waals surface area contributed by atoms with Gasteiger partial charge in [0.15, 0.2) is 5.65 Å². The van der Waals surface area contributed by atoms with Crippen molar-refractivity contribution in [3.63, 3.8) is 0 Å². The molecule has 2 aromatic carbocycles. The summed E-state index contributed by atoms with van der Waals surface area (Å²) in [6.07, 6.45) is 3.69. The maximum atomic E-state index is 13.5. The number of nitrogens with one attached hydrogen (secondary N) is 1. The lowest BCUT2D eigenvalue weighted by molar-refractivity contribution is -0.394. The van der Waals surface area contributed by atoms with Gasteiger partial charge in [-0.3, -0.25) is 25.0 Å². The van der Waals surface area contributed by atoms with E-state index in [2.05, 4.69) is 19.2 Å². The maximum Gasteiger partial charge on any atom is 0.344 e. The molecule has 2 heterocycles. The molecule has 0 aliphatic rings. The molecule has 0 unspecified atom stereocenters. The van der Waals surface area contributed by atoms with Crippen molar-refractivity contribution in [2.75, 3.05) is 11.9 Å². The maximum absolute atomic E-state index is 13.5. The summed E-state index contributed by atoms with van der Waals surface area (Å²) in [7, 11) is 0. The monoisotopic (exact) mass is 562 g/mol. The van der Waals surface area contributed by atoms with E-state index in [0.29, 0.717) is 23.2 Å². The van der Waals surface area contributed by atoms with Crippen LogP contribution in [0.15, 0.2) is 42.5 Å². The van der Waals surface area contributed by atoms with Crippen LogP contribution in [0.4, 0.5) is 17.2 Å². The van der Waals surface area contributed by atoms with E-state index < -0.39 is 33.1 Å². The van der Waals surface area contributed by atoms with Gasteiger partial charge < -0.3 is 14.6 Å². The molecule has 4 rings (SSSR count). The molecule has 0 aliphatic carbocycles. The number of non-ortho nitro benzene ring substituents is 2. The molecule has 0 fully saturated rings. The highest BCUT2D eigenvalue weighted by Crippen LogP contribution is 2.33. The number of hydrogen-bond donors (Lipinski definition) is 1. The minimum atomic E-state index is -0.877. The van der Waals surface area contributed by atoms with Gasteiger partial charge in [-0.2, -0.15) is 0 Å². The van der Waals surface area contributed by atoms with Crippen molar-refractivity contribution in [3.8, 4) is 0 Å². The number of amides is 1. The second-order valence-electron chi connectivity index (χ2n) is 9.56. The molecule has 0 bridgehead atoms. The summed E-state index contributed by atoms with van der Waals surface area (Å²) in [4.78, 5) is 57.5. The smallest absolute Gasteiger partial charge is 0.344 e. The van der Waals surface area contributed by atoms with Crippen LogP contribution in [0, 0.1) is 26.1 Å². The van der Waals surface area contributed by atoms with Gasteiger partial charge in [0.2, 0.25) is 0 Å². The summed E-state index contributed by atoms with van der Waals surface area (Å²) < 4.78 is 7.05. The number of rotatable bonds is 12. The third-order valence-corrected chi connectivity index (χ3v) is 6.83. The van der Waals surface area contributed by atoms with Crippen molar-refractivity contribution < 1.29 is 24.2 Å². The highest BCUT2D eigenvalue weighted by molar-refractivity contribution is 6.14. The minimum absolute atomic E-state index is 0.0151. The Morgan fingerprint density at radius 1 is 1.00 bits per heavy atom. The summed E-state index contributed by atoms with van der Waals surface area (Å²) in [6, 6.07) is 9.82. The quantitative estimate of drug-likeness (QED) is 0.123. The normalized spacial score (nSPS) is 11.9. The van der Waals surface area contributed by atoms with Crippen LogP contribution < -0.4 is 5.32 Å². The number of carbonyl (C=O) groups excluding carboxylic acids is 2. The van der Waals surface area contributed by atoms with Crippen molar-refractivity contribution in [2.24, 2.45) is 5.92 Å². The molecule has 13 nitrogen and oxygen atoms in total. The van der Waals surface area contributed by atoms with Crippen LogP contribution in [-0.4, -0.2) is 42.9 Å².